The number of ether oxygens (including phenoxy) is 1. The number of fused-ring (bicyclic) bond motifs is 1. The van der Waals surface area contributed by atoms with Crippen LogP contribution in [0.4, 0.5) is 10.1 Å². The number of halogens is 1. The molecule has 6 heteroatoms. The van der Waals surface area contributed by atoms with Crippen LogP contribution in [0.2, 0.25) is 0 Å². The quantitative estimate of drug-likeness (QED) is 0.249. The van der Waals surface area contributed by atoms with Gasteiger partial charge in [0, 0.05) is 31.1 Å². The number of nitrogens with zero attached hydrogens (tertiary/aromatic N) is 3. The van der Waals surface area contributed by atoms with Crippen LogP contribution in [0, 0.1) is 5.82 Å². The van der Waals surface area contributed by atoms with E-state index in [0.717, 1.165) is 47.7 Å². The number of carbonyl (C=O) groups is 1. The number of amides is 1. The summed E-state index contributed by atoms with van der Waals surface area (Å²) in [6, 6.07) is 22.6. The lowest BCUT2D eigenvalue weighted by Gasteiger charge is -2.19. The first-order valence-electron chi connectivity index (χ1n) is 13.0. The molecule has 2 heterocycles. The SMILES string of the molecule is CC(C)(C)c1ccc(OCCCCn2c(C3CC(=O)N(c4ccc(F)cc4)C3)nc3ccccc32)cc1. The standard InChI is InChI=1S/C31H34FN3O2/c1-31(2,3)23-10-16-26(17-11-23)37-19-7-6-18-34-28-9-5-4-8-27(28)33-30(34)22-20-29(36)35(21-22)25-14-12-24(32)13-15-25/h4-5,8-17,22H,6-7,18-21H2,1-3H3. The van der Waals surface area contributed by atoms with Crippen molar-refractivity contribution in [2.24, 2.45) is 0 Å². The Kier molecular flexibility index (Phi) is 7.00. The Labute approximate surface area is 217 Å². The fraction of sp³-hybridized carbons (Fsp3) is 0.355. The molecule has 0 aliphatic carbocycles. The van der Waals surface area contributed by atoms with Gasteiger partial charge in [-0.3, -0.25) is 4.79 Å². The van der Waals surface area contributed by atoms with Gasteiger partial charge >= 0.3 is 0 Å². The Hall–Kier alpha value is -3.67. The second-order valence-electron chi connectivity index (χ2n) is 10.8. The number of hydrogen-bond acceptors (Lipinski definition) is 3. The molecule has 37 heavy (non-hydrogen) atoms. The molecule has 1 aromatic heterocycles. The first kappa shape index (κ1) is 25.0. The van der Waals surface area contributed by atoms with Gasteiger partial charge in [-0.05, 0) is 72.4 Å². The van der Waals surface area contributed by atoms with Gasteiger partial charge in [0.1, 0.15) is 17.4 Å². The minimum Gasteiger partial charge on any atom is -0.494 e. The number of hydrogen-bond donors (Lipinski definition) is 0. The van der Waals surface area contributed by atoms with Crippen LogP contribution in [0.3, 0.4) is 0 Å². The maximum atomic E-state index is 13.4. The summed E-state index contributed by atoms with van der Waals surface area (Å²) in [6.45, 7) is 8.62. The minimum atomic E-state index is -0.306. The minimum absolute atomic E-state index is 0.0115. The van der Waals surface area contributed by atoms with Crippen molar-refractivity contribution in [3.05, 3.63) is 90.0 Å². The van der Waals surface area contributed by atoms with E-state index in [4.69, 9.17) is 9.72 Å². The van der Waals surface area contributed by atoms with E-state index in [-0.39, 0.29) is 23.1 Å². The molecule has 4 aromatic rings. The zero-order valence-corrected chi connectivity index (χ0v) is 21.8. The number of para-hydroxylation sites is 2. The van der Waals surface area contributed by atoms with Gasteiger partial charge in [-0.15, -0.1) is 0 Å². The molecule has 192 valence electrons. The van der Waals surface area contributed by atoms with Gasteiger partial charge in [-0.1, -0.05) is 45.0 Å². The molecule has 3 aromatic carbocycles. The number of aromatic nitrogens is 2. The van der Waals surface area contributed by atoms with Crippen LogP contribution in [0.15, 0.2) is 72.8 Å². The van der Waals surface area contributed by atoms with Gasteiger partial charge in [0.05, 0.1) is 17.6 Å². The third kappa shape index (κ3) is 5.53. The maximum Gasteiger partial charge on any atom is 0.227 e. The fourth-order valence-electron chi connectivity index (χ4n) is 5.01. The average Bonchev–Trinajstić information content (AvgIpc) is 3.44. The zero-order chi connectivity index (χ0) is 26.0. The van der Waals surface area contributed by atoms with E-state index in [1.54, 1.807) is 17.0 Å². The molecular formula is C31H34FN3O2. The Morgan fingerprint density at radius 3 is 2.43 bits per heavy atom. The molecule has 0 radical (unpaired) electrons. The molecule has 0 spiro atoms. The highest BCUT2D eigenvalue weighted by Crippen LogP contribution is 2.33. The Morgan fingerprint density at radius 2 is 1.70 bits per heavy atom. The summed E-state index contributed by atoms with van der Waals surface area (Å²) in [4.78, 5) is 19.5. The smallest absolute Gasteiger partial charge is 0.227 e. The topological polar surface area (TPSA) is 47.4 Å². The van der Waals surface area contributed by atoms with E-state index >= 15 is 0 Å². The van der Waals surface area contributed by atoms with Gasteiger partial charge < -0.3 is 14.2 Å². The molecule has 1 aliphatic heterocycles. The second-order valence-corrected chi connectivity index (χ2v) is 10.8. The predicted octanol–water partition coefficient (Wildman–Crippen LogP) is 6.85. The van der Waals surface area contributed by atoms with E-state index in [9.17, 15) is 9.18 Å². The third-order valence-corrected chi connectivity index (χ3v) is 7.08. The zero-order valence-electron chi connectivity index (χ0n) is 21.8. The summed E-state index contributed by atoms with van der Waals surface area (Å²) in [6.07, 6.45) is 2.25. The average molecular weight is 500 g/mol. The van der Waals surface area contributed by atoms with Gasteiger partial charge in [-0.2, -0.15) is 0 Å². The predicted molar refractivity (Wildman–Crippen MR) is 146 cm³/mol. The first-order chi connectivity index (χ1) is 17.8. The lowest BCUT2D eigenvalue weighted by Crippen LogP contribution is -2.24. The largest absolute Gasteiger partial charge is 0.494 e. The van der Waals surface area contributed by atoms with Crippen LogP contribution >= 0.6 is 0 Å². The number of carbonyl (C=O) groups excluding carboxylic acids is 1. The van der Waals surface area contributed by atoms with E-state index in [0.29, 0.717) is 19.6 Å². The van der Waals surface area contributed by atoms with Crippen molar-refractivity contribution in [1.29, 1.82) is 0 Å². The number of rotatable bonds is 8. The molecule has 0 bridgehead atoms. The molecule has 1 atom stereocenters. The van der Waals surface area contributed by atoms with Crippen LogP contribution in [-0.4, -0.2) is 28.6 Å². The van der Waals surface area contributed by atoms with Crippen molar-refractivity contribution in [3.8, 4) is 5.75 Å². The number of anilines is 1. The Balaban J connectivity index is 1.24. The van der Waals surface area contributed by atoms with E-state index < -0.39 is 0 Å². The van der Waals surface area contributed by atoms with Crippen molar-refractivity contribution in [2.75, 3.05) is 18.1 Å². The Bertz CT molecular complexity index is 1370. The van der Waals surface area contributed by atoms with Gasteiger partial charge in [0.25, 0.3) is 0 Å². The van der Waals surface area contributed by atoms with Crippen LogP contribution in [-0.2, 0) is 16.8 Å². The number of imidazole rings is 1. The molecule has 0 N–H and O–H groups in total. The molecule has 0 saturated carbocycles. The van der Waals surface area contributed by atoms with Crippen molar-refractivity contribution in [3.63, 3.8) is 0 Å². The van der Waals surface area contributed by atoms with Crippen LogP contribution in [0.25, 0.3) is 11.0 Å². The number of unbranched alkanes of at least 4 members (excludes halogenated alkanes) is 1. The lowest BCUT2D eigenvalue weighted by molar-refractivity contribution is -0.117. The van der Waals surface area contributed by atoms with Crippen LogP contribution in [0.1, 0.15) is 57.3 Å². The number of benzene rings is 3. The summed E-state index contributed by atoms with van der Waals surface area (Å²) in [5.74, 6) is 1.56. The van der Waals surface area contributed by atoms with Crippen molar-refractivity contribution < 1.29 is 13.9 Å². The van der Waals surface area contributed by atoms with Crippen molar-refractivity contribution >= 4 is 22.6 Å². The fourth-order valence-corrected chi connectivity index (χ4v) is 5.01. The maximum absolute atomic E-state index is 13.4. The van der Waals surface area contributed by atoms with Gasteiger partial charge in [-0.25, -0.2) is 9.37 Å². The number of aryl methyl sites for hydroxylation is 1. The highest BCUT2D eigenvalue weighted by Gasteiger charge is 2.34. The summed E-state index contributed by atoms with van der Waals surface area (Å²) in [5, 5.41) is 0. The second kappa shape index (κ2) is 10.4. The van der Waals surface area contributed by atoms with E-state index in [1.807, 2.05) is 30.3 Å². The van der Waals surface area contributed by atoms with Gasteiger partial charge in [0.2, 0.25) is 5.91 Å². The summed E-state index contributed by atoms with van der Waals surface area (Å²) in [7, 11) is 0. The molecule has 1 saturated heterocycles. The lowest BCUT2D eigenvalue weighted by atomic mass is 9.87. The summed E-state index contributed by atoms with van der Waals surface area (Å²) in [5.41, 5.74) is 4.18. The van der Waals surface area contributed by atoms with E-state index in [1.165, 1.54) is 17.7 Å². The van der Waals surface area contributed by atoms with Crippen molar-refractivity contribution in [1.82, 2.24) is 9.55 Å². The molecule has 5 rings (SSSR count). The molecular weight excluding hydrogens is 465 g/mol. The monoisotopic (exact) mass is 499 g/mol. The molecule has 5 nitrogen and oxygen atoms in total. The summed E-state index contributed by atoms with van der Waals surface area (Å²) < 4.78 is 21.6. The van der Waals surface area contributed by atoms with Crippen molar-refractivity contribution in [2.45, 2.75) is 57.9 Å². The molecule has 1 amide bonds. The Morgan fingerprint density at radius 1 is 0.973 bits per heavy atom. The highest BCUT2D eigenvalue weighted by molar-refractivity contribution is 5.96. The third-order valence-electron chi connectivity index (χ3n) is 7.08. The summed E-state index contributed by atoms with van der Waals surface area (Å²) >= 11 is 0. The van der Waals surface area contributed by atoms with E-state index in [2.05, 4.69) is 43.5 Å². The first-order valence-corrected chi connectivity index (χ1v) is 13.0. The van der Waals surface area contributed by atoms with Crippen LogP contribution in [0.5, 0.6) is 5.75 Å². The molecule has 1 unspecified atom stereocenters. The van der Waals surface area contributed by atoms with Crippen LogP contribution < -0.4 is 9.64 Å². The molecule has 1 aliphatic rings. The highest BCUT2D eigenvalue weighted by atomic mass is 19.1. The molecule has 1 fully saturated rings. The normalized spacial score (nSPS) is 16.1. The van der Waals surface area contributed by atoms with Gasteiger partial charge in [0.15, 0.2) is 0 Å².